The quantitative estimate of drug-likeness (QED) is 0.455. The molecule has 1 rings (SSSR count). The van der Waals surface area contributed by atoms with Crippen LogP contribution in [-0.4, -0.2) is 11.9 Å². The van der Waals surface area contributed by atoms with Crippen molar-refractivity contribution in [3.05, 3.63) is 35.9 Å². The van der Waals surface area contributed by atoms with E-state index in [0.717, 1.165) is 18.4 Å². The first-order valence-corrected chi connectivity index (χ1v) is 7.73. The topological polar surface area (TPSA) is 9.23 Å². The predicted molar refractivity (Wildman–Crippen MR) is 77.7 cm³/mol. The summed E-state index contributed by atoms with van der Waals surface area (Å²) in [6, 6.07) is 10.5. The van der Waals surface area contributed by atoms with Gasteiger partial charge in [0.25, 0.3) is 0 Å². The molecule has 0 N–H and O–H groups in total. The second-order valence-electron chi connectivity index (χ2n) is 4.28. The Bertz CT molecular complexity index is 274. The maximum atomic E-state index is 5.95. The molecule has 0 spiro atoms. The van der Waals surface area contributed by atoms with Crippen molar-refractivity contribution in [2.45, 2.75) is 45.1 Å². The van der Waals surface area contributed by atoms with Crippen molar-refractivity contribution >= 4 is 15.9 Å². The second-order valence-corrected chi connectivity index (χ2v) is 5.07. The summed E-state index contributed by atoms with van der Waals surface area (Å²) in [7, 11) is 0. The molecule has 1 atom stereocenters. The smallest absolute Gasteiger partial charge is 0.0822 e. The van der Waals surface area contributed by atoms with Crippen LogP contribution in [0, 0.1) is 0 Å². The third kappa shape index (κ3) is 6.23. The number of alkyl halides is 1. The maximum absolute atomic E-state index is 5.95. The summed E-state index contributed by atoms with van der Waals surface area (Å²) >= 11 is 3.45. The molecule has 0 fully saturated rings. The third-order valence-electron chi connectivity index (χ3n) is 2.89. The summed E-state index contributed by atoms with van der Waals surface area (Å²) < 4.78 is 5.95. The van der Waals surface area contributed by atoms with Crippen molar-refractivity contribution in [2.75, 3.05) is 11.9 Å². The van der Waals surface area contributed by atoms with E-state index >= 15 is 0 Å². The molecular weight excluding hydrogens is 276 g/mol. The highest BCUT2D eigenvalue weighted by atomic mass is 79.9. The minimum absolute atomic E-state index is 0.271. The number of rotatable bonds is 9. The lowest BCUT2D eigenvalue weighted by atomic mass is 10.1. The van der Waals surface area contributed by atoms with Crippen LogP contribution in [0.3, 0.4) is 0 Å². The van der Waals surface area contributed by atoms with Crippen molar-refractivity contribution in [2.24, 2.45) is 0 Å². The summed E-state index contributed by atoms with van der Waals surface area (Å²) in [5.41, 5.74) is 1.30. The second kappa shape index (κ2) is 9.67. The number of ether oxygens (including phenoxy) is 1. The van der Waals surface area contributed by atoms with Crippen LogP contribution in [0.4, 0.5) is 0 Å². The van der Waals surface area contributed by atoms with Crippen LogP contribution in [-0.2, 0) is 4.74 Å². The summed E-state index contributed by atoms with van der Waals surface area (Å²) in [6.07, 6.45) is 6.35. The number of unbranched alkanes of at least 4 members (excludes halogenated alkanes) is 3. The molecule has 0 aliphatic heterocycles. The highest BCUT2D eigenvalue weighted by Gasteiger charge is 2.08. The van der Waals surface area contributed by atoms with Gasteiger partial charge in [-0.1, -0.05) is 66.0 Å². The van der Waals surface area contributed by atoms with Gasteiger partial charge in [-0.25, -0.2) is 0 Å². The van der Waals surface area contributed by atoms with Gasteiger partial charge in [0.15, 0.2) is 0 Å². The van der Waals surface area contributed by atoms with Crippen LogP contribution in [0.1, 0.15) is 50.7 Å². The SMILES string of the molecule is CCC(OCCCCCCBr)c1ccccc1. The highest BCUT2D eigenvalue weighted by Crippen LogP contribution is 2.20. The van der Waals surface area contributed by atoms with Gasteiger partial charge >= 0.3 is 0 Å². The summed E-state index contributed by atoms with van der Waals surface area (Å²) in [6.45, 7) is 3.07. The zero-order valence-corrected chi connectivity index (χ0v) is 12.3. The summed E-state index contributed by atoms with van der Waals surface area (Å²) in [5.74, 6) is 0. The Hall–Kier alpha value is -0.340. The zero-order valence-electron chi connectivity index (χ0n) is 10.7. The van der Waals surface area contributed by atoms with E-state index in [1.165, 1.54) is 31.2 Å². The molecule has 0 saturated heterocycles. The van der Waals surface area contributed by atoms with Gasteiger partial charge in [0.1, 0.15) is 0 Å². The molecule has 17 heavy (non-hydrogen) atoms. The van der Waals surface area contributed by atoms with Crippen LogP contribution in [0.2, 0.25) is 0 Å². The zero-order chi connectivity index (χ0) is 12.3. The van der Waals surface area contributed by atoms with Gasteiger partial charge < -0.3 is 4.74 Å². The average Bonchev–Trinajstić information content (AvgIpc) is 2.39. The standard InChI is InChI=1S/C15H23BrO/c1-2-15(14-10-6-5-7-11-14)17-13-9-4-3-8-12-16/h5-7,10-11,15H,2-4,8-9,12-13H2,1H3. The number of halogens is 1. The molecule has 1 nitrogen and oxygen atoms in total. The van der Waals surface area contributed by atoms with E-state index in [-0.39, 0.29) is 6.10 Å². The van der Waals surface area contributed by atoms with Crippen LogP contribution in [0.5, 0.6) is 0 Å². The molecule has 2 heteroatoms. The van der Waals surface area contributed by atoms with E-state index < -0.39 is 0 Å². The number of hydrogen-bond acceptors (Lipinski definition) is 1. The lowest BCUT2D eigenvalue weighted by Gasteiger charge is -2.16. The largest absolute Gasteiger partial charge is 0.374 e. The monoisotopic (exact) mass is 298 g/mol. The Morgan fingerprint density at radius 1 is 1.06 bits per heavy atom. The molecule has 0 aliphatic rings. The maximum Gasteiger partial charge on any atom is 0.0822 e. The van der Waals surface area contributed by atoms with Crippen molar-refractivity contribution in [3.63, 3.8) is 0 Å². The number of benzene rings is 1. The number of hydrogen-bond donors (Lipinski definition) is 0. The first-order chi connectivity index (χ1) is 8.38. The molecule has 1 aromatic carbocycles. The van der Waals surface area contributed by atoms with E-state index in [2.05, 4.69) is 53.2 Å². The summed E-state index contributed by atoms with van der Waals surface area (Å²) in [4.78, 5) is 0. The van der Waals surface area contributed by atoms with Gasteiger partial charge in [0, 0.05) is 11.9 Å². The lowest BCUT2D eigenvalue weighted by molar-refractivity contribution is 0.0473. The van der Waals surface area contributed by atoms with Crippen molar-refractivity contribution < 1.29 is 4.74 Å². The predicted octanol–water partition coefficient (Wildman–Crippen LogP) is 5.11. The minimum Gasteiger partial charge on any atom is -0.374 e. The molecule has 96 valence electrons. The van der Waals surface area contributed by atoms with E-state index in [0.29, 0.717) is 0 Å². The first kappa shape index (κ1) is 14.7. The fourth-order valence-corrected chi connectivity index (χ4v) is 2.29. The van der Waals surface area contributed by atoms with Gasteiger partial charge in [0.05, 0.1) is 6.10 Å². The van der Waals surface area contributed by atoms with E-state index in [1.54, 1.807) is 0 Å². The van der Waals surface area contributed by atoms with Crippen molar-refractivity contribution in [1.82, 2.24) is 0 Å². The Morgan fingerprint density at radius 3 is 2.41 bits per heavy atom. The molecule has 0 saturated carbocycles. The van der Waals surface area contributed by atoms with Crippen molar-refractivity contribution in [3.8, 4) is 0 Å². The lowest BCUT2D eigenvalue weighted by Crippen LogP contribution is -2.04. The highest BCUT2D eigenvalue weighted by molar-refractivity contribution is 9.09. The Kier molecular flexibility index (Phi) is 8.37. The first-order valence-electron chi connectivity index (χ1n) is 6.61. The molecule has 0 amide bonds. The van der Waals surface area contributed by atoms with Crippen LogP contribution in [0.25, 0.3) is 0 Å². The Balaban J connectivity index is 2.20. The summed E-state index contributed by atoms with van der Waals surface area (Å²) in [5, 5.41) is 1.12. The van der Waals surface area contributed by atoms with Gasteiger partial charge in [-0.2, -0.15) is 0 Å². The fraction of sp³-hybridized carbons (Fsp3) is 0.600. The Morgan fingerprint density at radius 2 is 1.76 bits per heavy atom. The molecule has 0 aromatic heterocycles. The Labute approximate surface area is 114 Å². The van der Waals surface area contributed by atoms with Gasteiger partial charge in [-0.3, -0.25) is 0 Å². The average molecular weight is 299 g/mol. The van der Waals surface area contributed by atoms with Gasteiger partial charge in [-0.05, 0) is 24.8 Å². The van der Waals surface area contributed by atoms with Gasteiger partial charge in [-0.15, -0.1) is 0 Å². The van der Waals surface area contributed by atoms with E-state index in [1.807, 2.05) is 0 Å². The van der Waals surface area contributed by atoms with Gasteiger partial charge in [0.2, 0.25) is 0 Å². The molecule has 0 radical (unpaired) electrons. The third-order valence-corrected chi connectivity index (χ3v) is 3.45. The van der Waals surface area contributed by atoms with Crippen LogP contribution >= 0.6 is 15.9 Å². The van der Waals surface area contributed by atoms with Crippen LogP contribution < -0.4 is 0 Å². The van der Waals surface area contributed by atoms with E-state index in [9.17, 15) is 0 Å². The normalized spacial score (nSPS) is 12.6. The van der Waals surface area contributed by atoms with Crippen LogP contribution in [0.15, 0.2) is 30.3 Å². The van der Waals surface area contributed by atoms with Crippen molar-refractivity contribution in [1.29, 1.82) is 0 Å². The minimum atomic E-state index is 0.271. The molecular formula is C15H23BrO. The molecule has 0 aliphatic carbocycles. The molecule has 1 unspecified atom stereocenters. The molecule has 0 bridgehead atoms. The fourth-order valence-electron chi connectivity index (χ4n) is 1.89. The van der Waals surface area contributed by atoms with E-state index in [4.69, 9.17) is 4.74 Å². The molecule has 0 heterocycles. The molecule has 1 aromatic rings.